The Morgan fingerprint density at radius 3 is 2.68 bits per heavy atom. The van der Waals surface area contributed by atoms with Crippen LogP contribution in [0.4, 0.5) is 4.79 Å². The van der Waals surface area contributed by atoms with Gasteiger partial charge in [-0.05, 0) is 36.9 Å². The van der Waals surface area contributed by atoms with Crippen molar-refractivity contribution < 1.29 is 9.59 Å². The molecule has 6 heteroatoms. The lowest BCUT2D eigenvalue weighted by atomic mass is 10.0. The van der Waals surface area contributed by atoms with Gasteiger partial charge in [-0.25, -0.2) is 4.79 Å². The fourth-order valence-corrected chi connectivity index (χ4v) is 2.50. The number of unbranched alkanes of at least 4 members (excludes halogenated alkanes) is 1. The third kappa shape index (κ3) is 4.73. The van der Waals surface area contributed by atoms with E-state index < -0.39 is 0 Å². The van der Waals surface area contributed by atoms with E-state index in [1.807, 2.05) is 18.2 Å². The SMILES string of the molecule is NCCCCNC(=O)CNC(=O)N1CCc2ccccc2C1. The molecular weight excluding hydrogens is 280 g/mol. The molecule has 1 aliphatic rings. The number of hydrogen-bond donors (Lipinski definition) is 3. The lowest BCUT2D eigenvalue weighted by Gasteiger charge is -2.28. The van der Waals surface area contributed by atoms with E-state index in [4.69, 9.17) is 5.73 Å². The first kappa shape index (κ1) is 16.3. The number of urea groups is 1. The van der Waals surface area contributed by atoms with Crippen molar-refractivity contribution in [3.63, 3.8) is 0 Å². The molecule has 6 nitrogen and oxygen atoms in total. The van der Waals surface area contributed by atoms with Crippen LogP contribution in [-0.4, -0.2) is 43.0 Å². The fourth-order valence-electron chi connectivity index (χ4n) is 2.50. The Balaban J connectivity index is 1.71. The molecule has 120 valence electrons. The summed E-state index contributed by atoms with van der Waals surface area (Å²) in [5.74, 6) is -0.164. The highest BCUT2D eigenvalue weighted by atomic mass is 16.2. The van der Waals surface area contributed by atoms with Crippen molar-refractivity contribution in [3.8, 4) is 0 Å². The van der Waals surface area contributed by atoms with Gasteiger partial charge < -0.3 is 21.3 Å². The number of rotatable bonds is 6. The topological polar surface area (TPSA) is 87.5 Å². The summed E-state index contributed by atoms with van der Waals surface area (Å²) in [4.78, 5) is 25.5. The lowest BCUT2D eigenvalue weighted by molar-refractivity contribution is -0.120. The Morgan fingerprint density at radius 1 is 1.14 bits per heavy atom. The minimum absolute atomic E-state index is 0.0135. The summed E-state index contributed by atoms with van der Waals surface area (Å²) in [6.45, 7) is 2.52. The number of nitrogens with one attached hydrogen (secondary N) is 2. The molecule has 0 saturated heterocycles. The molecule has 0 radical (unpaired) electrons. The van der Waals surface area contributed by atoms with E-state index in [2.05, 4.69) is 16.7 Å². The van der Waals surface area contributed by atoms with Crippen LogP contribution in [-0.2, 0) is 17.8 Å². The van der Waals surface area contributed by atoms with Gasteiger partial charge in [-0.3, -0.25) is 4.79 Å². The fraction of sp³-hybridized carbons (Fsp3) is 0.500. The molecule has 0 bridgehead atoms. The molecule has 1 aliphatic heterocycles. The van der Waals surface area contributed by atoms with Crippen molar-refractivity contribution in [3.05, 3.63) is 35.4 Å². The van der Waals surface area contributed by atoms with Crippen LogP contribution >= 0.6 is 0 Å². The van der Waals surface area contributed by atoms with E-state index in [0.717, 1.165) is 19.3 Å². The Bertz CT molecular complexity index is 519. The number of nitrogens with two attached hydrogens (primary N) is 1. The Morgan fingerprint density at radius 2 is 1.91 bits per heavy atom. The summed E-state index contributed by atoms with van der Waals surface area (Å²) in [7, 11) is 0. The van der Waals surface area contributed by atoms with Crippen LogP contribution in [0.5, 0.6) is 0 Å². The zero-order valence-electron chi connectivity index (χ0n) is 12.8. The van der Waals surface area contributed by atoms with Crippen molar-refractivity contribution in [2.45, 2.75) is 25.8 Å². The van der Waals surface area contributed by atoms with Crippen molar-refractivity contribution >= 4 is 11.9 Å². The van der Waals surface area contributed by atoms with Gasteiger partial charge in [0.2, 0.25) is 5.91 Å². The van der Waals surface area contributed by atoms with Crippen LogP contribution in [0.2, 0.25) is 0 Å². The zero-order chi connectivity index (χ0) is 15.8. The second-order valence-electron chi connectivity index (χ2n) is 5.44. The molecule has 0 aromatic heterocycles. The van der Waals surface area contributed by atoms with Gasteiger partial charge >= 0.3 is 6.03 Å². The number of amides is 3. The van der Waals surface area contributed by atoms with E-state index in [1.54, 1.807) is 4.90 Å². The minimum Gasteiger partial charge on any atom is -0.355 e. The van der Waals surface area contributed by atoms with Gasteiger partial charge in [-0.15, -0.1) is 0 Å². The Kier molecular flexibility index (Phi) is 6.21. The van der Waals surface area contributed by atoms with Crippen molar-refractivity contribution in [1.82, 2.24) is 15.5 Å². The molecule has 0 atom stereocenters. The first-order valence-electron chi connectivity index (χ1n) is 7.77. The number of fused-ring (bicyclic) bond motifs is 1. The highest BCUT2D eigenvalue weighted by Crippen LogP contribution is 2.18. The van der Waals surface area contributed by atoms with Gasteiger partial charge in [0, 0.05) is 19.6 Å². The molecule has 4 N–H and O–H groups in total. The van der Waals surface area contributed by atoms with E-state index in [1.165, 1.54) is 11.1 Å². The summed E-state index contributed by atoms with van der Waals surface area (Å²) >= 11 is 0. The summed E-state index contributed by atoms with van der Waals surface area (Å²) in [5, 5.41) is 5.44. The molecule has 2 rings (SSSR count). The smallest absolute Gasteiger partial charge is 0.318 e. The predicted octanol–water partition coefficient (Wildman–Crippen LogP) is 0.609. The Hall–Kier alpha value is -2.08. The molecule has 0 aliphatic carbocycles. The normalized spacial score (nSPS) is 13.4. The second-order valence-corrected chi connectivity index (χ2v) is 5.44. The number of nitrogens with zero attached hydrogens (tertiary/aromatic N) is 1. The third-order valence-corrected chi connectivity index (χ3v) is 3.77. The van der Waals surface area contributed by atoms with Crippen LogP contribution in [0.1, 0.15) is 24.0 Å². The molecule has 1 heterocycles. The second kappa shape index (κ2) is 8.38. The lowest BCUT2D eigenvalue weighted by Crippen LogP contribution is -2.46. The van der Waals surface area contributed by atoms with Crippen molar-refractivity contribution in [2.75, 3.05) is 26.2 Å². The highest BCUT2D eigenvalue weighted by Gasteiger charge is 2.20. The van der Waals surface area contributed by atoms with E-state index >= 15 is 0 Å². The monoisotopic (exact) mass is 304 g/mol. The van der Waals surface area contributed by atoms with Crippen LogP contribution in [0.3, 0.4) is 0 Å². The first-order chi connectivity index (χ1) is 10.7. The average molecular weight is 304 g/mol. The number of carbonyl (C=O) groups is 2. The van der Waals surface area contributed by atoms with E-state index in [-0.39, 0.29) is 18.5 Å². The Labute approximate surface area is 131 Å². The van der Waals surface area contributed by atoms with Gasteiger partial charge in [0.1, 0.15) is 0 Å². The summed E-state index contributed by atoms with van der Waals surface area (Å²) in [6.07, 6.45) is 2.60. The van der Waals surface area contributed by atoms with Crippen LogP contribution in [0.25, 0.3) is 0 Å². The highest BCUT2D eigenvalue weighted by molar-refractivity contribution is 5.84. The maximum atomic E-state index is 12.1. The van der Waals surface area contributed by atoms with Crippen molar-refractivity contribution in [1.29, 1.82) is 0 Å². The molecule has 22 heavy (non-hydrogen) atoms. The first-order valence-corrected chi connectivity index (χ1v) is 7.77. The van der Waals surface area contributed by atoms with Gasteiger partial charge in [0.25, 0.3) is 0 Å². The van der Waals surface area contributed by atoms with Gasteiger partial charge in [0.15, 0.2) is 0 Å². The minimum atomic E-state index is -0.188. The quantitative estimate of drug-likeness (QED) is 0.673. The van der Waals surface area contributed by atoms with Crippen LogP contribution < -0.4 is 16.4 Å². The molecule has 0 spiro atoms. The predicted molar refractivity (Wildman–Crippen MR) is 85.3 cm³/mol. The number of hydrogen-bond acceptors (Lipinski definition) is 3. The molecule has 0 saturated carbocycles. The molecule has 3 amide bonds. The standard InChI is InChI=1S/C16H24N4O2/c17-8-3-4-9-18-15(21)11-19-16(22)20-10-7-13-5-1-2-6-14(13)12-20/h1-2,5-6H,3-4,7-12,17H2,(H,18,21)(H,19,22). The molecule has 1 aromatic carbocycles. The van der Waals surface area contributed by atoms with Crippen molar-refractivity contribution in [2.24, 2.45) is 5.73 Å². The van der Waals surface area contributed by atoms with Gasteiger partial charge in [0.05, 0.1) is 6.54 Å². The van der Waals surface area contributed by atoms with Gasteiger partial charge in [-0.1, -0.05) is 24.3 Å². The number of benzene rings is 1. The summed E-state index contributed by atoms with van der Waals surface area (Å²) < 4.78 is 0. The van der Waals surface area contributed by atoms with Crippen LogP contribution in [0.15, 0.2) is 24.3 Å². The van der Waals surface area contributed by atoms with E-state index in [9.17, 15) is 9.59 Å². The maximum Gasteiger partial charge on any atom is 0.318 e. The molecule has 0 fully saturated rings. The largest absolute Gasteiger partial charge is 0.355 e. The molecular formula is C16H24N4O2. The molecule has 1 aromatic rings. The zero-order valence-corrected chi connectivity index (χ0v) is 12.8. The van der Waals surface area contributed by atoms with Gasteiger partial charge in [-0.2, -0.15) is 0 Å². The summed E-state index contributed by atoms with van der Waals surface area (Å²) in [5.41, 5.74) is 7.86. The molecule has 0 unspecified atom stereocenters. The maximum absolute atomic E-state index is 12.1. The summed E-state index contributed by atoms with van der Waals surface area (Å²) in [6, 6.07) is 7.95. The van der Waals surface area contributed by atoms with Crippen LogP contribution in [0, 0.1) is 0 Å². The third-order valence-electron chi connectivity index (χ3n) is 3.77. The van der Waals surface area contributed by atoms with E-state index in [0.29, 0.717) is 26.2 Å². The average Bonchev–Trinajstić information content (AvgIpc) is 2.56. The number of carbonyl (C=O) groups excluding carboxylic acids is 2.